The molecule has 1 N–H and O–H groups in total. The second-order valence-corrected chi connectivity index (χ2v) is 13.4. The first-order valence-electron chi connectivity index (χ1n) is 10.4. The summed E-state index contributed by atoms with van der Waals surface area (Å²) in [6, 6.07) is 18.9. The Labute approximate surface area is 183 Å². The van der Waals surface area contributed by atoms with E-state index >= 15 is 0 Å². The Balaban J connectivity index is 1.55. The molecule has 0 saturated heterocycles. The molecule has 3 aromatic rings. The van der Waals surface area contributed by atoms with Crippen LogP contribution in [0, 0.1) is 0 Å². The first-order valence-corrected chi connectivity index (χ1v) is 15.2. The average molecular weight is 464 g/mol. The van der Waals surface area contributed by atoms with Crippen LogP contribution in [0.1, 0.15) is 16.8 Å². The number of rotatable bonds is 6. The molecular formula is C24H29AsN4O. The third-order valence-corrected chi connectivity index (χ3v) is 9.20. The summed E-state index contributed by atoms with van der Waals surface area (Å²) in [4.78, 5) is 25.5. The summed E-state index contributed by atoms with van der Waals surface area (Å²) in [5.74, 6) is 0.321. The van der Waals surface area contributed by atoms with Gasteiger partial charge in [-0.2, -0.15) is 0 Å². The van der Waals surface area contributed by atoms with Crippen LogP contribution >= 0.6 is 0 Å². The van der Waals surface area contributed by atoms with Gasteiger partial charge in [0.15, 0.2) is 0 Å². The molecule has 0 saturated carbocycles. The molecule has 0 aliphatic carbocycles. The fraction of sp³-hybridized carbons (Fsp3) is 0.333. The normalized spacial score (nSPS) is 15.0. The Kier molecular flexibility index (Phi) is 6.59. The summed E-state index contributed by atoms with van der Waals surface area (Å²) >= 11 is -1.24. The Hall–Kier alpha value is -2.52. The quantitative estimate of drug-likeness (QED) is 0.559. The van der Waals surface area contributed by atoms with Gasteiger partial charge in [0.05, 0.1) is 0 Å². The standard InChI is InChI=1S/C24H29AsN4O/c1-25(2)22(14-19-8-4-3-5-9-19)24(30)29-13-12-28(17-21-15-26-18-27-21)23-11-7-6-10-20(23)16-29/h3-11,15,18,22H,12-14,16-17H2,1-2H3,(H,26,27)/t22-/m0/s1. The molecular weight excluding hydrogens is 435 g/mol. The Morgan fingerprint density at radius 2 is 1.87 bits per heavy atom. The van der Waals surface area contributed by atoms with Crippen molar-refractivity contribution < 1.29 is 4.79 Å². The van der Waals surface area contributed by atoms with Gasteiger partial charge in [0.1, 0.15) is 0 Å². The van der Waals surface area contributed by atoms with E-state index in [2.05, 4.69) is 79.7 Å². The van der Waals surface area contributed by atoms with Crippen molar-refractivity contribution in [3.05, 3.63) is 83.9 Å². The predicted molar refractivity (Wildman–Crippen MR) is 123 cm³/mol. The van der Waals surface area contributed by atoms with Gasteiger partial charge >= 0.3 is 183 Å². The van der Waals surface area contributed by atoms with Gasteiger partial charge in [0, 0.05) is 0 Å². The molecule has 1 atom stereocenters. The zero-order valence-corrected chi connectivity index (χ0v) is 19.5. The number of anilines is 1. The van der Waals surface area contributed by atoms with Gasteiger partial charge in [-0.05, 0) is 0 Å². The third-order valence-electron chi connectivity index (χ3n) is 5.74. The number of nitrogens with one attached hydrogen (secondary N) is 1. The number of aromatic amines is 1. The molecule has 0 unspecified atom stereocenters. The molecule has 4 rings (SSSR count). The van der Waals surface area contributed by atoms with E-state index in [1.165, 1.54) is 16.8 Å². The van der Waals surface area contributed by atoms with E-state index in [1.54, 1.807) is 6.33 Å². The number of amides is 1. The molecule has 6 heteroatoms. The van der Waals surface area contributed by atoms with E-state index in [9.17, 15) is 4.79 Å². The second kappa shape index (κ2) is 9.53. The number of carbonyl (C=O) groups is 1. The molecule has 1 amide bonds. The van der Waals surface area contributed by atoms with Crippen LogP contribution in [0.4, 0.5) is 5.69 Å². The number of hydrogen-bond acceptors (Lipinski definition) is 3. The maximum absolute atomic E-state index is 13.7. The number of aromatic nitrogens is 2. The zero-order valence-electron chi connectivity index (χ0n) is 17.7. The van der Waals surface area contributed by atoms with Crippen molar-refractivity contribution in [2.45, 2.75) is 35.6 Å². The number of benzene rings is 2. The fourth-order valence-electron chi connectivity index (χ4n) is 4.07. The Morgan fingerprint density at radius 3 is 2.60 bits per heavy atom. The van der Waals surface area contributed by atoms with Crippen molar-refractivity contribution in [3.8, 4) is 0 Å². The Bertz CT molecular complexity index is 958. The van der Waals surface area contributed by atoms with Gasteiger partial charge in [-0.3, -0.25) is 0 Å². The summed E-state index contributed by atoms with van der Waals surface area (Å²) in [5, 5.41) is 0. The molecule has 5 nitrogen and oxygen atoms in total. The number of carbonyl (C=O) groups excluding carboxylic acids is 1. The summed E-state index contributed by atoms with van der Waals surface area (Å²) in [6.07, 6.45) is 4.44. The number of para-hydroxylation sites is 1. The van der Waals surface area contributed by atoms with E-state index < -0.39 is 14.7 Å². The van der Waals surface area contributed by atoms with E-state index in [0.717, 1.165) is 31.7 Å². The van der Waals surface area contributed by atoms with E-state index in [-0.39, 0.29) is 4.71 Å². The molecule has 0 spiro atoms. The summed E-state index contributed by atoms with van der Waals surface area (Å²) in [6.45, 7) is 3.02. The van der Waals surface area contributed by atoms with Crippen molar-refractivity contribution >= 4 is 26.2 Å². The Morgan fingerprint density at radius 1 is 1.10 bits per heavy atom. The van der Waals surface area contributed by atoms with Crippen LogP contribution < -0.4 is 4.90 Å². The molecule has 0 radical (unpaired) electrons. The molecule has 1 aliphatic rings. The van der Waals surface area contributed by atoms with Crippen LogP contribution in [-0.4, -0.2) is 48.5 Å². The predicted octanol–water partition coefficient (Wildman–Crippen LogP) is 4.13. The van der Waals surface area contributed by atoms with Gasteiger partial charge in [0.2, 0.25) is 0 Å². The minimum absolute atomic E-state index is 0.131. The topological polar surface area (TPSA) is 52.2 Å². The van der Waals surface area contributed by atoms with Gasteiger partial charge in [-0.1, -0.05) is 0 Å². The van der Waals surface area contributed by atoms with Crippen LogP contribution in [0.25, 0.3) is 0 Å². The first kappa shape index (κ1) is 20.7. The summed E-state index contributed by atoms with van der Waals surface area (Å²) < 4.78 is 0.131. The van der Waals surface area contributed by atoms with Gasteiger partial charge in [-0.25, -0.2) is 0 Å². The third kappa shape index (κ3) is 4.79. The van der Waals surface area contributed by atoms with E-state index in [1.807, 2.05) is 12.3 Å². The molecule has 30 heavy (non-hydrogen) atoms. The molecule has 2 heterocycles. The molecule has 0 fully saturated rings. The number of hydrogen-bond donors (Lipinski definition) is 1. The molecule has 1 aliphatic heterocycles. The number of fused-ring (bicyclic) bond motifs is 1. The van der Waals surface area contributed by atoms with Gasteiger partial charge < -0.3 is 0 Å². The average Bonchev–Trinajstić information content (AvgIpc) is 3.20. The van der Waals surface area contributed by atoms with Crippen LogP contribution in [-0.2, 0) is 24.3 Å². The van der Waals surface area contributed by atoms with Crippen LogP contribution in [0.3, 0.4) is 0 Å². The van der Waals surface area contributed by atoms with Crippen molar-refractivity contribution in [1.82, 2.24) is 14.9 Å². The number of H-pyrrole nitrogens is 1. The van der Waals surface area contributed by atoms with Gasteiger partial charge in [0.25, 0.3) is 0 Å². The van der Waals surface area contributed by atoms with E-state index in [0.29, 0.717) is 12.5 Å². The molecule has 2 aromatic carbocycles. The minimum atomic E-state index is -1.24. The first-order chi connectivity index (χ1) is 14.6. The van der Waals surface area contributed by atoms with Crippen molar-refractivity contribution in [3.63, 3.8) is 0 Å². The van der Waals surface area contributed by atoms with Crippen LogP contribution in [0.2, 0.25) is 16.1 Å². The number of nitrogens with zero attached hydrogens (tertiary/aromatic N) is 3. The molecule has 0 bridgehead atoms. The van der Waals surface area contributed by atoms with Crippen molar-refractivity contribution in [1.29, 1.82) is 0 Å². The fourth-order valence-corrected chi connectivity index (χ4v) is 6.55. The summed E-state index contributed by atoms with van der Waals surface area (Å²) in [5.41, 5.74) is 9.37. The SMILES string of the molecule is C[As](C)[C@@H](Cc1ccccc1)C(=O)N1CCN(Cc2cnc[nH]2)c2ccccc2C1. The monoisotopic (exact) mass is 464 g/mol. The van der Waals surface area contributed by atoms with Gasteiger partial charge in [-0.15, -0.1) is 0 Å². The summed E-state index contributed by atoms with van der Waals surface area (Å²) in [7, 11) is 0. The number of imidazole rings is 1. The maximum atomic E-state index is 13.7. The van der Waals surface area contributed by atoms with Crippen LogP contribution in [0.15, 0.2) is 67.1 Å². The van der Waals surface area contributed by atoms with Crippen molar-refractivity contribution in [2.24, 2.45) is 0 Å². The molecule has 156 valence electrons. The molecule has 1 aromatic heterocycles. The van der Waals surface area contributed by atoms with E-state index in [4.69, 9.17) is 0 Å². The van der Waals surface area contributed by atoms with Crippen LogP contribution in [0.5, 0.6) is 0 Å². The zero-order chi connectivity index (χ0) is 20.9. The van der Waals surface area contributed by atoms with Crippen molar-refractivity contribution in [2.75, 3.05) is 18.0 Å². The second-order valence-electron chi connectivity index (χ2n) is 8.06.